The Hall–Kier alpha value is -2.67. The van der Waals surface area contributed by atoms with Gasteiger partial charge >= 0.3 is 0 Å². The summed E-state index contributed by atoms with van der Waals surface area (Å²) in [6.07, 6.45) is 10.0. The van der Waals surface area contributed by atoms with Gasteiger partial charge in [0.05, 0.1) is 0 Å². The molecule has 0 aliphatic heterocycles. The molecular formula is C17H12AuN5O-. The molecule has 0 bridgehead atoms. The molecule has 1 radical (unpaired) electrons. The van der Waals surface area contributed by atoms with Crippen LogP contribution in [0, 0.1) is 6.33 Å². The van der Waals surface area contributed by atoms with E-state index in [1.54, 1.807) is 33.5 Å². The number of phenols is 1. The predicted molar refractivity (Wildman–Crippen MR) is 82.1 cm³/mol. The minimum atomic E-state index is 0. The minimum Gasteiger partial charge on any atom is -0.507 e. The summed E-state index contributed by atoms with van der Waals surface area (Å²) in [5, 5.41) is 9.92. The summed E-state index contributed by atoms with van der Waals surface area (Å²) in [7, 11) is 0. The number of aromatic nitrogens is 5. The van der Waals surface area contributed by atoms with E-state index >= 15 is 0 Å². The molecule has 3 aromatic heterocycles. The van der Waals surface area contributed by atoms with Crippen molar-refractivity contribution in [1.82, 2.24) is 19.5 Å². The second kappa shape index (κ2) is 6.84. The molecular weight excluding hydrogens is 487 g/mol. The van der Waals surface area contributed by atoms with Gasteiger partial charge in [-0.05, 0) is 24.0 Å². The van der Waals surface area contributed by atoms with Gasteiger partial charge in [-0.2, -0.15) is 0 Å². The summed E-state index contributed by atoms with van der Waals surface area (Å²) >= 11 is 0. The number of para-hydroxylation sites is 1. The third-order valence-electron chi connectivity index (χ3n) is 3.45. The molecule has 4 aromatic rings. The largest absolute Gasteiger partial charge is 0.507 e. The van der Waals surface area contributed by atoms with Gasteiger partial charge in [0.25, 0.3) is 0 Å². The number of imidazole rings is 1. The first-order chi connectivity index (χ1) is 11.3. The zero-order chi connectivity index (χ0) is 15.6. The van der Waals surface area contributed by atoms with E-state index in [0.717, 1.165) is 11.6 Å². The van der Waals surface area contributed by atoms with Crippen LogP contribution in [0.4, 0.5) is 0 Å². The molecule has 0 spiro atoms. The molecule has 0 saturated carbocycles. The number of rotatable bonds is 3. The van der Waals surface area contributed by atoms with E-state index in [2.05, 4.69) is 21.3 Å². The number of hydrogen-bond acceptors (Lipinski definition) is 3. The molecule has 3 heterocycles. The average molecular weight is 499 g/mol. The first-order valence-corrected chi connectivity index (χ1v) is 7.02. The van der Waals surface area contributed by atoms with Gasteiger partial charge in [0.2, 0.25) is 5.82 Å². The fraction of sp³-hybridized carbons (Fsp3) is 0. The summed E-state index contributed by atoms with van der Waals surface area (Å²) in [5.41, 5.74) is 1.42. The molecule has 0 aliphatic rings. The maximum Gasteiger partial charge on any atom is 0.203 e. The summed E-state index contributed by atoms with van der Waals surface area (Å²) in [4.78, 5) is 12.6. The first kappa shape index (κ1) is 16.2. The van der Waals surface area contributed by atoms with E-state index in [9.17, 15) is 5.11 Å². The van der Waals surface area contributed by atoms with E-state index in [1.807, 2.05) is 36.7 Å². The molecule has 0 amide bonds. The Balaban J connectivity index is 0.00000169. The molecule has 1 aromatic carbocycles. The zero-order valence-electron chi connectivity index (χ0n) is 12.3. The van der Waals surface area contributed by atoms with Gasteiger partial charge in [-0.15, -0.1) is 17.0 Å². The molecule has 0 saturated heterocycles. The second-order valence-corrected chi connectivity index (χ2v) is 4.91. The Kier molecular flexibility index (Phi) is 4.62. The molecule has 24 heavy (non-hydrogen) atoms. The molecule has 4 rings (SSSR count). The fourth-order valence-corrected chi connectivity index (χ4v) is 2.32. The maximum absolute atomic E-state index is 9.92. The quantitative estimate of drug-likeness (QED) is 0.265. The predicted octanol–water partition coefficient (Wildman–Crippen LogP) is 1.67. The standard InChI is InChI=1S/C17H12N5O.Au/c23-15-4-2-1-3-13(15)14-5-6-17(20-14)22-10-9-21(12-22)16-7-8-18-11-19-16;/h1-11,23H;/q-1;. The van der Waals surface area contributed by atoms with Crippen LogP contribution < -0.4 is 9.55 Å². The Morgan fingerprint density at radius 3 is 2.79 bits per heavy atom. The average Bonchev–Trinajstić information content (AvgIpc) is 3.25. The summed E-state index contributed by atoms with van der Waals surface area (Å²) in [5.74, 6) is 1.66. The van der Waals surface area contributed by atoms with E-state index in [4.69, 9.17) is 0 Å². The van der Waals surface area contributed by atoms with E-state index in [1.165, 1.54) is 6.33 Å². The van der Waals surface area contributed by atoms with Crippen LogP contribution in [-0.4, -0.2) is 19.6 Å². The smallest absolute Gasteiger partial charge is 0.203 e. The Morgan fingerprint density at radius 2 is 2.00 bits per heavy atom. The van der Waals surface area contributed by atoms with Crippen molar-refractivity contribution in [3.05, 3.63) is 73.7 Å². The van der Waals surface area contributed by atoms with Crippen LogP contribution in [-0.2, 0) is 22.4 Å². The monoisotopic (exact) mass is 499 g/mol. The number of phenolic OH excluding ortho intramolecular Hbond substituents is 1. The third kappa shape index (κ3) is 3.03. The molecule has 6 nitrogen and oxygen atoms in total. The maximum atomic E-state index is 9.92. The summed E-state index contributed by atoms with van der Waals surface area (Å²) in [6.45, 7) is 0. The zero-order valence-corrected chi connectivity index (χ0v) is 14.5. The topological polar surface area (TPSA) is 68.9 Å². The van der Waals surface area contributed by atoms with Crippen LogP contribution in [0.15, 0.2) is 67.4 Å². The fourth-order valence-electron chi connectivity index (χ4n) is 2.32. The van der Waals surface area contributed by atoms with E-state index in [0.29, 0.717) is 11.3 Å². The molecule has 0 fully saturated rings. The molecule has 0 unspecified atom stereocenters. The number of benzene rings is 1. The van der Waals surface area contributed by atoms with Crippen molar-refractivity contribution in [2.45, 2.75) is 0 Å². The molecule has 1 N–H and O–H groups in total. The van der Waals surface area contributed by atoms with Crippen LogP contribution in [0.3, 0.4) is 0 Å². The van der Waals surface area contributed by atoms with Gasteiger partial charge in [-0.25, -0.2) is 4.98 Å². The van der Waals surface area contributed by atoms with Crippen molar-refractivity contribution in [2.24, 2.45) is 0 Å². The van der Waals surface area contributed by atoms with Gasteiger partial charge in [-0.3, -0.25) is 0 Å². The van der Waals surface area contributed by atoms with Gasteiger partial charge in [0.15, 0.2) is 6.33 Å². The summed E-state index contributed by atoms with van der Waals surface area (Å²) in [6, 6.07) is 12.7. The van der Waals surface area contributed by atoms with Crippen molar-refractivity contribution in [3.63, 3.8) is 0 Å². The number of hydrogen-bond donors (Lipinski definition) is 1. The Labute approximate surface area is 154 Å². The molecule has 7 heteroatoms. The number of nitrogens with zero attached hydrogens (tertiary/aromatic N) is 5. The molecule has 123 valence electrons. The summed E-state index contributed by atoms with van der Waals surface area (Å²) < 4.78 is 3.53. The van der Waals surface area contributed by atoms with Crippen LogP contribution in [0.2, 0.25) is 0 Å². The van der Waals surface area contributed by atoms with E-state index < -0.39 is 0 Å². The van der Waals surface area contributed by atoms with Crippen molar-refractivity contribution in [2.75, 3.05) is 0 Å². The van der Waals surface area contributed by atoms with Gasteiger partial charge in [-0.1, -0.05) is 30.3 Å². The van der Waals surface area contributed by atoms with Crippen LogP contribution in [0.5, 0.6) is 5.75 Å². The molecule has 0 aliphatic carbocycles. The van der Waals surface area contributed by atoms with Crippen molar-refractivity contribution < 1.29 is 32.1 Å². The van der Waals surface area contributed by atoms with Crippen molar-refractivity contribution in [1.29, 1.82) is 0 Å². The van der Waals surface area contributed by atoms with Gasteiger partial charge < -0.3 is 19.2 Å². The second-order valence-electron chi connectivity index (χ2n) is 4.91. The normalized spacial score (nSPS) is 10.3. The van der Waals surface area contributed by atoms with Crippen LogP contribution in [0.1, 0.15) is 0 Å². The molecule has 0 atom stereocenters. The minimum absolute atomic E-state index is 0. The van der Waals surface area contributed by atoms with Crippen molar-refractivity contribution >= 4 is 0 Å². The van der Waals surface area contributed by atoms with E-state index in [-0.39, 0.29) is 28.1 Å². The van der Waals surface area contributed by atoms with Gasteiger partial charge in [0, 0.05) is 40.5 Å². The Morgan fingerprint density at radius 1 is 1.12 bits per heavy atom. The van der Waals surface area contributed by atoms with Crippen molar-refractivity contribution in [3.8, 4) is 28.6 Å². The van der Waals surface area contributed by atoms with Crippen LogP contribution >= 0.6 is 0 Å². The van der Waals surface area contributed by atoms with Crippen LogP contribution in [0.25, 0.3) is 22.9 Å². The first-order valence-electron chi connectivity index (χ1n) is 7.02. The third-order valence-corrected chi connectivity index (χ3v) is 3.45. The Bertz CT molecular complexity index is 948. The SMILES string of the molecule is Oc1ccccc1-c1ccc(-n2[c-][n+](-c3ccncn3)cc2)[n-]1.[Au]. The number of aromatic hydroxyl groups is 1. The van der Waals surface area contributed by atoms with Gasteiger partial charge in [0.1, 0.15) is 5.75 Å².